The molecule has 0 aromatic heterocycles. The van der Waals surface area contributed by atoms with Gasteiger partial charge in [-0.15, -0.1) is 0 Å². The van der Waals surface area contributed by atoms with Gasteiger partial charge in [-0.05, 0) is 6.42 Å². The third-order valence-electron chi connectivity index (χ3n) is 2.04. The van der Waals surface area contributed by atoms with Crippen LogP contribution >= 0.6 is 21.6 Å². The van der Waals surface area contributed by atoms with E-state index in [2.05, 4.69) is 0 Å². The number of carbonyl (C=O) groups is 1. The maximum atomic E-state index is 11.7. The average Bonchev–Trinajstić information content (AvgIpc) is 2.43. The number of hydrogen-bond acceptors (Lipinski definition) is 4. The van der Waals surface area contributed by atoms with Gasteiger partial charge in [0.25, 0.3) is 0 Å². The van der Waals surface area contributed by atoms with Gasteiger partial charge in [0.1, 0.15) is 0 Å². The molecule has 3 nitrogen and oxygen atoms in total. The minimum atomic E-state index is -0.298. The zero-order chi connectivity index (χ0) is 9.68. The van der Waals surface area contributed by atoms with Gasteiger partial charge >= 0.3 is 0 Å². The van der Waals surface area contributed by atoms with E-state index in [1.807, 2.05) is 33.4 Å². The second kappa shape index (κ2) is 5.78. The molecule has 0 aromatic carbocycles. The maximum Gasteiger partial charge on any atom is 0.239 e. The molecule has 1 heterocycles. The number of carbonyl (C=O) groups excluding carboxylic acids is 1. The fraction of sp³-hybridized carbons (Fsp3) is 0.875. The van der Waals surface area contributed by atoms with Crippen molar-refractivity contribution >= 4 is 27.5 Å². The van der Waals surface area contributed by atoms with E-state index >= 15 is 0 Å². The third-order valence-corrected chi connectivity index (χ3v) is 4.41. The summed E-state index contributed by atoms with van der Waals surface area (Å²) in [4.78, 5) is 13.6. The monoisotopic (exact) mass is 220 g/mol. The molecule has 0 radical (unpaired) electrons. The molecule has 0 aromatic rings. The van der Waals surface area contributed by atoms with E-state index in [1.165, 1.54) is 0 Å². The average molecular weight is 220 g/mol. The smallest absolute Gasteiger partial charge is 0.239 e. The zero-order valence-corrected chi connectivity index (χ0v) is 9.50. The first-order chi connectivity index (χ1) is 6.25. The highest BCUT2D eigenvalue weighted by atomic mass is 33.1. The summed E-state index contributed by atoms with van der Waals surface area (Å²) in [5.74, 6) is 2.16. The van der Waals surface area contributed by atoms with E-state index in [4.69, 9.17) is 5.73 Å². The molecule has 0 saturated carbocycles. The van der Waals surface area contributed by atoms with Crippen LogP contribution in [0.15, 0.2) is 0 Å². The predicted octanol–water partition coefficient (Wildman–Crippen LogP) is 0.947. The van der Waals surface area contributed by atoms with Crippen molar-refractivity contribution in [3.63, 3.8) is 0 Å². The van der Waals surface area contributed by atoms with Crippen LogP contribution in [0.4, 0.5) is 0 Å². The molecule has 2 N–H and O–H groups in total. The van der Waals surface area contributed by atoms with Crippen LogP contribution in [0.5, 0.6) is 0 Å². The molecule has 1 amide bonds. The zero-order valence-electron chi connectivity index (χ0n) is 7.86. The third kappa shape index (κ3) is 3.40. The Bertz CT molecular complexity index is 170. The van der Waals surface area contributed by atoms with Crippen molar-refractivity contribution in [3.05, 3.63) is 0 Å². The van der Waals surface area contributed by atoms with Gasteiger partial charge in [0.2, 0.25) is 5.91 Å². The van der Waals surface area contributed by atoms with E-state index in [9.17, 15) is 4.79 Å². The molecule has 0 bridgehead atoms. The molecule has 0 aliphatic carbocycles. The van der Waals surface area contributed by atoms with Crippen molar-refractivity contribution in [2.75, 3.05) is 24.6 Å². The largest absolute Gasteiger partial charge is 0.340 e. The molecule has 13 heavy (non-hydrogen) atoms. The summed E-state index contributed by atoms with van der Waals surface area (Å²) in [6, 6.07) is -0.298. The second-order valence-electron chi connectivity index (χ2n) is 2.98. The topological polar surface area (TPSA) is 46.3 Å². The standard InChI is InChI=1S/C8H16N2OS2/c1-2-7(9)8(11)10-3-5-12-13-6-4-10/h7H,2-6,9H2,1H3. The lowest BCUT2D eigenvalue weighted by molar-refractivity contribution is -0.132. The first-order valence-electron chi connectivity index (χ1n) is 4.54. The molecule has 1 atom stereocenters. The fourth-order valence-corrected chi connectivity index (χ4v) is 3.13. The lowest BCUT2D eigenvalue weighted by Crippen LogP contribution is -2.44. The minimum absolute atomic E-state index is 0.116. The Labute approximate surface area is 87.2 Å². The highest BCUT2D eigenvalue weighted by Crippen LogP contribution is 2.23. The minimum Gasteiger partial charge on any atom is -0.340 e. The summed E-state index contributed by atoms with van der Waals surface area (Å²) in [5, 5.41) is 0. The first kappa shape index (κ1) is 11.2. The van der Waals surface area contributed by atoms with Crippen molar-refractivity contribution in [2.24, 2.45) is 5.73 Å². The van der Waals surface area contributed by atoms with Crippen LogP contribution in [0.1, 0.15) is 13.3 Å². The predicted molar refractivity (Wildman–Crippen MR) is 59.8 cm³/mol. The quantitative estimate of drug-likeness (QED) is 0.704. The van der Waals surface area contributed by atoms with Crippen LogP contribution in [0.3, 0.4) is 0 Å². The van der Waals surface area contributed by atoms with Crippen LogP contribution in [0.25, 0.3) is 0 Å². The van der Waals surface area contributed by atoms with E-state index < -0.39 is 0 Å². The summed E-state index contributed by atoms with van der Waals surface area (Å²) in [7, 11) is 3.68. The Hall–Kier alpha value is 0.130. The number of rotatable bonds is 2. The summed E-state index contributed by atoms with van der Waals surface area (Å²) in [6.07, 6.45) is 0.732. The molecular formula is C8H16N2OS2. The van der Waals surface area contributed by atoms with Crippen molar-refractivity contribution in [1.29, 1.82) is 0 Å². The lowest BCUT2D eigenvalue weighted by Gasteiger charge is -2.22. The summed E-state index contributed by atoms with van der Waals surface area (Å²) < 4.78 is 0. The van der Waals surface area contributed by atoms with Crippen molar-refractivity contribution in [2.45, 2.75) is 19.4 Å². The second-order valence-corrected chi connectivity index (χ2v) is 5.69. The Balaban J connectivity index is 2.43. The van der Waals surface area contributed by atoms with Gasteiger partial charge in [-0.25, -0.2) is 0 Å². The highest BCUT2D eigenvalue weighted by molar-refractivity contribution is 8.76. The van der Waals surface area contributed by atoms with Gasteiger partial charge < -0.3 is 10.6 Å². The molecule has 76 valence electrons. The Morgan fingerprint density at radius 3 is 2.46 bits per heavy atom. The van der Waals surface area contributed by atoms with Crippen LogP contribution in [0, 0.1) is 0 Å². The highest BCUT2D eigenvalue weighted by Gasteiger charge is 2.20. The van der Waals surface area contributed by atoms with E-state index in [1.54, 1.807) is 0 Å². The normalized spacial score (nSPS) is 20.9. The van der Waals surface area contributed by atoms with Gasteiger partial charge in [-0.2, -0.15) is 0 Å². The van der Waals surface area contributed by atoms with Crippen molar-refractivity contribution in [1.82, 2.24) is 4.90 Å². The van der Waals surface area contributed by atoms with Crippen molar-refractivity contribution in [3.8, 4) is 0 Å². The van der Waals surface area contributed by atoms with Gasteiger partial charge in [-0.1, -0.05) is 28.5 Å². The van der Waals surface area contributed by atoms with E-state index in [0.29, 0.717) is 0 Å². The number of nitrogens with zero attached hydrogens (tertiary/aromatic N) is 1. The number of nitrogens with two attached hydrogens (primary N) is 1. The molecule has 1 unspecified atom stereocenters. The molecule has 1 aliphatic rings. The maximum absolute atomic E-state index is 11.7. The molecule has 5 heteroatoms. The van der Waals surface area contributed by atoms with Crippen LogP contribution < -0.4 is 5.73 Å². The van der Waals surface area contributed by atoms with Gasteiger partial charge in [0, 0.05) is 24.6 Å². The summed E-state index contributed by atoms with van der Waals surface area (Å²) >= 11 is 0. The molecule has 0 spiro atoms. The Morgan fingerprint density at radius 2 is 2.00 bits per heavy atom. The van der Waals surface area contributed by atoms with Gasteiger partial charge in [0.15, 0.2) is 0 Å². The number of amides is 1. The van der Waals surface area contributed by atoms with Crippen LogP contribution in [-0.4, -0.2) is 41.4 Å². The fourth-order valence-electron chi connectivity index (χ4n) is 1.15. The number of hydrogen-bond donors (Lipinski definition) is 1. The molecule has 1 rings (SSSR count). The molecule has 1 fully saturated rings. The van der Waals surface area contributed by atoms with E-state index in [-0.39, 0.29) is 11.9 Å². The van der Waals surface area contributed by atoms with Gasteiger partial charge in [0.05, 0.1) is 6.04 Å². The Kier molecular flexibility index (Phi) is 4.98. The van der Waals surface area contributed by atoms with Crippen LogP contribution in [0.2, 0.25) is 0 Å². The first-order valence-corrected chi connectivity index (χ1v) is 7.03. The molecule has 1 saturated heterocycles. The van der Waals surface area contributed by atoms with Gasteiger partial charge in [-0.3, -0.25) is 4.79 Å². The van der Waals surface area contributed by atoms with Crippen molar-refractivity contribution < 1.29 is 4.79 Å². The van der Waals surface area contributed by atoms with Crippen LogP contribution in [-0.2, 0) is 4.79 Å². The summed E-state index contributed by atoms with van der Waals surface area (Å²) in [6.45, 7) is 3.65. The van der Waals surface area contributed by atoms with E-state index in [0.717, 1.165) is 31.0 Å². The Morgan fingerprint density at radius 1 is 1.46 bits per heavy atom. The molecule has 1 aliphatic heterocycles. The lowest BCUT2D eigenvalue weighted by atomic mass is 10.2. The molecular weight excluding hydrogens is 204 g/mol. The summed E-state index contributed by atoms with van der Waals surface area (Å²) in [5.41, 5.74) is 5.69. The SMILES string of the molecule is CCC(N)C(=O)N1CCSSCC1.